The normalized spacial score (nSPS) is 20.4. The molecule has 2 amide bonds. The lowest BCUT2D eigenvalue weighted by molar-refractivity contribution is 0.192. The first kappa shape index (κ1) is 17.7. The number of carbonyl (C=O) groups is 1. The zero-order chi connectivity index (χ0) is 17.8. The average Bonchev–Trinajstić information content (AvgIpc) is 3.38. The molecular weight excluding hydrogens is 362 g/mol. The van der Waals surface area contributed by atoms with Crippen molar-refractivity contribution < 1.29 is 4.79 Å². The van der Waals surface area contributed by atoms with Gasteiger partial charge in [0, 0.05) is 43.4 Å². The lowest BCUT2D eigenvalue weighted by atomic mass is 10.1. The predicted molar refractivity (Wildman–Crippen MR) is 111 cm³/mol. The van der Waals surface area contributed by atoms with Crippen molar-refractivity contribution >= 4 is 34.8 Å². The molecule has 3 heterocycles. The zero-order valence-corrected chi connectivity index (χ0v) is 16.5. The molecule has 0 bridgehead atoms. The summed E-state index contributed by atoms with van der Waals surface area (Å²) in [6.07, 6.45) is 2.14. The van der Waals surface area contributed by atoms with Crippen molar-refractivity contribution in [3.63, 3.8) is 0 Å². The fraction of sp³-hybridized carbons (Fsp3) is 0.450. The van der Waals surface area contributed by atoms with Gasteiger partial charge in [-0.2, -0.15) is 23.1 Å². The number of hydrogen-bond donors (Lipinski definition) is 1. The van der Waals surface area contributed by atoms with Crippen LogP contribution in [0.3, 0.4) is 0 Å². The fourth-order valence-electron chi connectivity index (χ4n) is 3.75. The molecule has 0 saturated carbocycles. The average molecular weight is 388 g/mol. The standard InChI is InChI=1S/C20H25N3OS2/c24-20(23-8-1-2-19(23)17-7-11-26-15-17)21-14-16-3-5-18(6-4-16)22-9-12-25-13-10-22/h3-7,11,15,19H,1-2,8-10,12-14H2,(H,21,24). The van der Waals surface area contributed by atoms with Gasteiger partial charge in [0.1, 0.15) is 0 Å². The van der Waals surface area contributed by atoms with Crippen molar-refractivity contribution in [1.82, 2.24) is 10.2 Å². The Morgan fingerprint density at radius 1 is 1.12 bits per heavy atom. The number of rotatable bonds is 4. The van der Waals surface area contributed by atoms with Gasteiger partial charge in [0.25, 0.3) is 0 Å². The van der Waals surface area contributed by atoms with E-state index in [-0.39, 0.29) is 12.1 Å². The van der Waals surface area contributed by atoms with Gasteiger partial charge in [-0.15, -0.1) is 0 Å². The van der Waals surface area contributed by atoms with E-state index >= 15 is 0 Å². The number of anilines is 1. The number of nitrogens with one attached hydrogen (secondary N) is 1. The highest BCUT2D eigenvalue weighted by molar-refractivity contribution is 7.99. The molecule has 2 saturated heterocycles. The predicted octanol–water partition coefficient (Wildman–Crippen LogP) is 4.35. The third kappa shape index (κ3) is 4.01. The van der Waals surface area contributed by atoms with E-state index in [1.807, 2.05) is 16.7 Å². The first-order chi connectivity index (χ1) is 12.8. The maximum absolute atomic E-state index is 12.6. The van der Waals surface area contributed by atoms with Crippen LogP contribution in [-0.2, 0) is 6.54 Å². The van der Waals surface area contributed by atoms with Gasteiger partial charge < -0.3 is 15.1 Å². The van der Waals surface area contributed by atoms with Crippen molar-refractivity contribution in [3.05, 3.63) is 52.2 Å². The molecule has 0 radical (unpaired) electrons. The maximum Gasteiger partial charge on any atom is 0.318 e. The molecule has 1 N–H and O–H groups in total. The van der Waals surface area contributed by atoms with Crippen molar-refractivity contribution in [3.8, 4) is 0 Å². The summed E-state index contributed by atoms with van der Waals surface area (Å²) in [7, 11) is 0. The highest BCUT2D eigenvalue weighted by Crippen LogP contribution is 2.33. The third-order valence-electron chi connectivity index (χ3n) is 5.20. The molecule has 1 atom stereocenters. The van der Waals surface area contributed by atoms with Gasteiger partial charge in [0.15, 0.2) is 0 Å². The van der Waals surface area contributed by atoms with Crippen molar-refractivity contribution in [2.45, 2.75) is 25.4 Å². The van der Waals surface area contributed by atoms with Crippen molar-refractivity contribution in [2.24, 2.45) is 0 Å². The third-order valence-corrected chi connectivity index (χ3v) is 6.84. The molecule has 4 rings (SSSR count). The largest absolute Gasteiger partial charge is 0.370 e. The van der Waals surface area contributed by atoms with E-state index in [0.717, 1.165) is 38.0 Å². The summed E-state index contributed by atoms with van der Waals surface area (Å²) in [6.45, 7) is 3.68. The van der Waals surface area contributed by atoms with Crippen LogP contribution < -0.4 is 10.2 Å². The molecule has 2 aliphatic rings. The maximum atomic E-state index is 12.6. The van der Waals surface area contributed by atoms with Gasteiger partial charge in [-0.1, -0.05) is 12.1 Å². The van der Waals surface area contributed by atoms with Crippen molar-refractivity contribution in [1.29, 1.82) is 0 Å². The summed E-state index contributed by atoms with van der Waals surface area (Å²) in [4.78, 5) is 17.1. The summed E-state index contributed by atoms with van der Waals surface area (Å²) < 4.78 is 0. The zero-order valence-electron chi connectivity index (χ0n) is 14.9. The van der Waals surface area contributed by atoms with E-state index in [4.69, 9.17) is 0 Å². The summed E-state index contributed by atoms with van der Waals surface area (Å²) in [5.74, 6) is 2.41. The second kappa shape index (κ2) is 8.35. The van der Waals surface area contributed by atoms with Gasteiger partial charge in [-0.25, -0.2) is 4.79 Å². The molecule has 0 spiro atoms. The summed E-state index contributed by atoms with van der Waals surface area (Å²) in [6, 6.07) is 11.1. The molecule has 2 aromatic rings. The van der Waals surface area contributed by atoms with E-state index in [1.165, 1.54) is 22.8 Å². The van der Waals surface area contributed by atoms with Gasteiger partial charge in [-0.3, -0.25) is 0 Å². The highest BCUT2D eigenvalue weighted by Gasteiger charge is 2.29. The van der Waals surface area contributed by atoms with E-state index in [0.29, 0.717) is 6.54 Å². The summed E-state index contributed by atoms with van der Waals surface area (Å²) >= 11 is 3.73. The van der Waals surface area contributed by atoms with E-state index in [2.05, 4.69) is 51.3 Å². The van der Waals surface area contributed by atoms with Crippen LogP contribution in [0.4, 0.5) is 10.5 Å². The molecule has 138 valence electrons. The molecule has 2 aliphatic heterocycles. The lowest BCUT2D eigenvalue weighted by Gasteiger charge is -2.28. The molecule has 4 nitrogen and oxygen atoms in total. The van der Waals surface area contributed by atoms with Crippen LogP contribution in [0.5, 0.6) is 0 Å². The van der Waals surface area contributed by atoms with Crippen LogP contribution >= 0.6 is 23.1 Å². The number of urea groups is 1. The molecule has 1 unspecified atom stereocenters. The van der Waals surface area contributed by atoms with Gasteiger partial charge in [-0.05, 0) is 52.9 Å². The van der Waals surface area contributed by atoms with Crippen LogP contribution in [0, 0.1) is 0 Å². The molecule has 0 aliphatic carbocycles. The second-order valence-corrected chi connectivity index (χ2v) is 8.84. The Morgan fingerprint density at radius 3 is 2.65 bits per heavy atom. The Balaban J connectivity index is 1.32. The summed E-state index contributed by atoms with van der Waals surface area (Å²) in [5, 5.41) is 7.36. The van der Waals surface area contributed by atoms with Gasteiger partial charge in [0.2, 0.25) is 0 Å². The first-order valence-electron chi connectivity index (χ1n) is 9.29. The Labute approximate surface area is 163 Å². The number of likely N-dealkylation sites (tertiary alicyclic amines) is 1. The van der Waals surface area contributed by atoms with Crippen LogP contribution in [0.25, 0.3) is 0 Å². The number of thiophene rings is 1. The smallest absolute Gasteiger partial charge is 0.318 e. The minimum absolute atomic E-state index is 0.0517. The lowest BCUT2D eigenvalue weighted by Crippen LogP contribution is -2.39. The molecule has 1 aromatic carbocycles. The molecule has 26 heavy (non-hydrogen) atoms. The van der Waals surface area contributed by atoms with Crippen LogP contribution in [0.2, 0.25) is 0 Å². The number of hydrogen-bond acceptors (Lipinski definition) is 4. The topological polar surface area (TPSA) is 35.6 Å². The SMILES string of the molecule is O=C(NCc1ccc(N2CCSCC2)cc1)N1CCCC1c1ccsc1. The second-order valence-electron chi connectivity index (χ2n) is 6.83. The minimum atomic E-state index is 0.0517. The number of carbonyl (C=O) groups excluding carboxylic acids is 1. The fourth-order valence-corrected chi connectivity index (χ4v) is 5.36. The monoisotopic (exact) mass is 387 g/mol. The highest BCUT2D eigenvalue weighted by atomic mass is 32.2. The van der Waals surface area contributed by atoms with E-state index in [9.17, 15) is 4.79 Å². The number of amides is 2. The molecule has 2 fully saturated rings. The van der Waals surface area contributed by atoms with Gasteiger partial charge in [0.05, 0.1) is 6.04 Å². The van der Waals surface area contributed by atoms with Crippen molar-refractivity contribution in [2.75, 3.05) is 36.0 Å². The summed E-state index contributed by atoms with van der Waals surface area (Å²) in [5.41, 5.74) is 3.71. The van der Waals surface area contributed by atoms with Gasteiger partial charge >= 0.3 is 6.03 Å². The van der Waals surface area contributed by atoms with E-state index < -0.39 is 0 Å². The number of nitrogens with zero attached hydrogens (tertiary/aromatic N) is 2. The molecule has 1 aromatic heterocycles. The van der Waals surface area contributed by atoms with Crippen LogP contribution in [-0.4, -0.2) is 42.1 Å². The Kier molecular flexibility index (Phi) is 5.70. The first-order valence-corrected chi connectivity index (χ1v) is 11.4. The van der Waals surface area contributed by atoms with E-state index in [1.54, 1.807) is 11.3 Å². The molecule has 6 heteroatoms. The van der Waals surface area contributed by atoms with Crippen LogP contribution in [0.1, 0.15) is 30.0 Å². The minimum Gasteiger partial charge on any atom is -0.370 e. The van der Waals surface area contributed by atoms with Crippen LogP contribution in [0.15, 0.2) is 41.1 Å². The Hall–Kier alpha value is -1.66. The molecular formula is C20H25N3OS2. The Morgan fingerprint density at radius 2 is 1.92 bits per heavy atom. The quantitative estimate of drug-likeness (QED) is 0.847. The number of benzene rings is 1. The number of thioether (sulfide) groups is 1. The Bertz CT molecular complexity index is 711.